The third kappa shape index (κ3) is 3.04. The van der Waals surface area contributed by atoms with E-state index >= 15 is 0 Å². The third-order valence-electron chi connectivity index (χ3n) is 1.86. The molecule has 76 valence electrons. The van der Waals surface area contributed by atoms with E-state index in [1.807, 2.05) is 30.5 Å². The van der Waals surface area contributed by atoms with Gasteiger partial charge in [-0.15, -0.1) is 11.8 Å². The molecule has 0 saturated carbocycles. The fourth-order valence-electron chi connectivity index (χ4n) is 1.11. The van der Waals surface area contributed by atoms with E-state index in [2.05, 4.69) is 25.9 Å². The van der Waals surface area contributed by atoms with Gasteiger partial charge in [0.05, 0.1) is 5.69 Å². The molecule has 0 N–H and O–H groups in total. The fraction of sp³-hybridized carbons (Fsp3) is 0.0909. The zero-order valence-electron chi connectivity index (χ0n) is 7.93. The summed E-state index contributed by atoms with van der Waals surface area (Å²) in [5, 5.41) is 0. The molecule has 2 nitrogen and oxygen atoms in total. The van der Waals surface area contributed by atoms with Crippen LogP contribution in [0.1, 0.15) is 5.69 Å². The maximum atomic E-state index is 4.31. The molecule has 0 bridgehead atoms. The Labute approximate surface area is 101 Å². The Morgan fingerprint density at radius 1 is 1.13 bits per heavy atom. The monoisotopic (exact) mass is 280 g/mol. The molecule has 2 heterocycles. The van der Waals surface area contributed by atoms with Gasteiger partial charge in [-0.05, 0) is 40.2 Å². The maximum absolute atomic E-state index is 4.31. The minimum absolute atomic E-state index is 0.867. The molecule has 0 aliphatic rings. The highest BCUT2D eigenvalue weighted by molar-refractivity contribution is 9.10. The largest absolute Gasteiger partial charge is 0.265 e. The Balaban J connectivity index is 2.03. The predicted molar refractivity (Wildman–Crippen MR) is 65.7 cm³/mol. The van der Waals surface area contributed by atoms with Crippen molar-refractivity contribution in [3.05, 3.63) is 53.0 Å². The van der Waals surface area contributed by atoms with Crippen LogP contribution in [0.25, 0.3) is 0 Å². The lowest BCUT2D eigenvalue weighted by Crippen LogP contribution is -1.87. The summed E-state index contributed by atoms with van der Waals surface area (Å²) in [4.78, 5) is 9.50. The number of rotatable bonds is 3. The van der Waals surface area contributed by atoms with E-state index in [1.54, 1.807) is 24.2 Å². The van der Waals surface area contributed by atoms with Gasteiger partial charge in [0.1, 0.15) is 0 Å². The van der Waals surface area contributed by atoms with Gasteiger partial charge in [-0.25, -0.2) is 0 Å². The van der Waals surface area contributed by atoms with Crippen molar-refractivity contribution in [2.45, 2.75) is 10.6 Å². The lowest BCUT2D eigenvalue weighted by Gasteiger charge is -2.02. The zero-order chi connectivity index (χ0) is 10.5. The van der Waals surface area contributed by atoms with Crippen molar-refractivity contribution < 1.29 is 0 Å². The first-order valence-corrected chi connectivity index (χ1v) is 6.26. The average molecular weight is 281 g/mol. The van der Waals surface area contributed by atoms with Crippen molar-refractivity contribution in [2.24, 2.45) is 0 Å². The summed E-state index contributed by atoms with van der Waals surface area (Å²) in [7, 11) is 0. The minimum atomic E-state index is 0.867. The number of pyridine rings is 2. The molecule has 15 heavy (non-hydrogen) atoms. The Hall–Kier alpha value is -0.870. The Morgan fingerprint density at radius 3 is 2.67 bits per heavy atom. The normalized spacial score (nSPS) is 10.2. The van der Waals surface area contributed by atoms with Gasteiger partial charge in [-0.1, -0.05) is 0 Å². The summed E-state index contributed by atoms with van der Waals surface area (Å²) >= 11 is 5.24. The summed E-state index contributed by atoms with van der Waals surface area (Å²) in [5.41, 5.74) is 1.07. The highest BCUT2D eigenvalue weighted by Gasteiger charge is 2.00. The lowest BCUT2D eigenvalue weighted by molar-refractivity contribution is 1.15. The van der Waals surface area contributed by atoms with E-state index in [0.29, 0.717) is 0 Å². The number of nitrogens with zero attached hydrogens (tertiary/aromatic N) is 2. The van der Waals surface area contributed by atoms with Gasteiger partial charge in [0.25, 0.3) is 0 Å². The molecule has 0 atom stereocenters. The Morgan fingerprint density at radius 2 is 1.93 bits per heavy atom. The Bertz CT molecular complexity index is 434. The fourth-order valence-corrected chi connectivity index (χ4v) is 2.54. The van der Waals surface area contributed by atoms with E-state index in [9.17, 15) is 0 Å². The molecule has 0 amide bonds. The van der Waals surface area contributed by atoms with Gasteiger partial charge in [-0.3, -0.25) is 9.97 Å². The number of aromatic nitrogens is 2. The van der Waals surface area contributed by atoms with Crippen LogP contribution in [0.4, 0.5) is 0 Å². The molecule has 4 heteroatoms. The maximum Gasteiger partial charge on any atom is 0.0647 e. The second-order valence-electron chi connectivity index (χ2n) is 2.90. The molecule has 0 aromatic carbocycles. The molecule has 2 aromatic heterocycles. The second kappa shape index (κ2) is 5.28. The van der Waals surface area contributed by atoms with Crippen molar-refractivity contribution >= 4 is 27.7 Å². The van der Waals surface area contributed by atoms with Gasteiger partial charge >= 0.3 is 0 Å². The topological polar surface area (TPSA) is 25.8 Å². The van der Waals surface area contributed by atoms with E-state index in [0.717, 1.165) is 15.9 Å². The number of hydrogen-bond donors (Lipinski definition) is 0. The average Bonchev–Trinajstić information content (AvgIpc) is 2.29. The molecule has 0 aliphatic heterocycles. The van der Waals surface area contributed by atoms with Gasteiger partial charge in [0.2, 0.25) is 0 Å². The zero-order valence-corrected chi connectivity index (χ0v) is 10.3. The van der Waals surface area contributed by atoms with Crippen molar-refractivity contribution in [2.75, 3.05) is 0 Å². The van der Waals surface area contributed by atoms with Gasteiger partial charge < -0.3 is 0 Å². The molecular weight excluding hydrogens is 272 g/mol. The first-order chi connectivity index (χ1) is 7.36. The molecular formula is C11H9BrN2S. The summed E-state index contributed by atoms with van der Waals surface area (Å²) in [5.74, 6) is 0.867. The van der Waals surface area contributed by atoms with Crippen molar-refractivity contribution in [3.8, 4) is 0 Å². The molecule has 0 radical (unpaired) electrons. The van der Waals surface area contributed by atoms with Crippen molar-refractivity contribution in [1.82, 2.24) is 9.97 Å². The molecule has 0 fully saturated rings. The van der Waals surface area contributed by atoms with Crippen LogP contribution in [0.2, 0.25) is 0 Å². The first kappa shape index (κ1) is 10.6. The summed E-state index contributed by atoms with van der Waals surface area (Å²) in [6, 6.07) is 7.93. The van der Waals surface area contributed by atoms with Crippen LogP contribution >= 0.6 is 27.7 Å². The summed E-state index contributed by atoms with van der Waals surface area (Å²) in [6.45, 7) is 0. The number of thioether (sulfide) groups is 1. The molecule has 0 unspecified atom stereocenters. The molecule has 0 aliphatic carbocycles. The minimum Gasteiger partial charge on any atom is -0.265 e. The Kier molecular flexibility index (Phi) is 3.75. The summed E-state index contributed by atoms with van der Waals surface area (Å²) < 4.78 is 1.06. The molecule has 2 aromatic rings. The molecule has 2 rings (SSSR count). The van der Waals surface area contributed by atoms with Crippen LogP contribution < -0.4 is 0 Å². The number of halogens is 1. The molecule has 0 spiro atoms. The van der Waals surface area contributed by atoms with Crippen LogP contribution in [0.3, 0.4) is 0 Å². The quantitative estimate of drug-likeness (QED) is 0.805. The highest BCUT2D eigenvalue weighted by atomic mass is 79.9. The van der Waals surface area contributed by atoms with E-state index in [4.69, 9.17) is 0 Å². The number of hydrogen-bond acceptors (Lipinski definition) is 3. The van der Waals surface area contributed by atoms with Crippen molar-refractivity contribution in [1.29, 1.82) is 0 Å². The molecule has 0 saturated heterocycles. The van der Waals surface area contributed by atoms with E-state index < -0.39 is 0 Å². The standard InChI is InChI=1S/C11H9BrN2S/c12-10-2-1-5-14-11(10)8-15-9-3-6-13-7-4-9/h1-7H,8H2. The van der Waals surface area contributed by atoms with E-state index in [-0.39, 0.29) is 0 Å². The van der Waals surface area contributed by atoms with Gasteiger partial charge in [0, 0.05) is 33.7 Å². The van der Waals surface area contributed by atoms with Crippen LogP contribution in [0, 0.1) is 0 Å². The highest BCUT2D eigenvalue weighted by Crippen LogP contribution is 2.24. The van der Waals surface area contributed by atoms with Crippen LogP contribution in [-0.4, -0.2) is 9.97 Å². The van der Waals surface area contributed by atoms with Crippen LogP contribution in [0.5, 0.6) is 0 Å². The summed E-state index contributed by atoms with van der Waals surface area (Å²) in [6.07, 6.45) is 5.42. The van der Waals surface area contributed by atoms with Gasteiger partial charge in [-0.2, -0.15) is 0 Å². The SMILES string of the molecule is Brc1cccnc1CSc1ccncc1. The second-order valence-corrected chi connectivity index (χ2v) is 4.81. The predicted octanol–water partition coefficient (Wildman–Crippen LogP) is 3.53. The smallest absolute Gasteiger partial charge is 0.0647 e. The van der Waals surface area contributed by atoms with Crippen LogP contribution in [-0.2, 0) is 5.75 Å². The van der Waals surface area contributed by atoms with Crippen molar-refractivity contribution in [3.63, 3.8) is 0 Å². The van der Waals surface area contributed by atoms with Crippen LogP contribution in [0.15, 0.2) is 52.2 Å². The lowest BCUT2D eigenvalue weighted by atomic mass is 10.4. The third-order valence-corrected chi connectivity index (χ3v) is 3.61. The van der Waals surface area contributed by atoms with E-state index in [1.165, 1.54) is 4.90 Å². The van der Waals surface area contributed by atoms with Gasteiger partial charge in [0.15, 0.2) is 0 Å². The first-order valence-electron chi connectivity index (χ1n) is 4.48.